The smallest absolute Gasteiger partial charge is 0.271 e. The molecule has 0 bridgehead atoms. The number of sulfonamides is 1. The second-order valence-corrected chi connectivity index (χ2v) is 6.19. The minimum absolute atomic E-state index is 0.0141. The van der Waals surface area contributed by atoms with Crippen LogP contribution in [0.1, 0.15) is 30.0 Å². The Balaban J connectivity index is 2.67. The fraction of sp³-hybridized carbons (Fsp3) is 0.636. The van der Waals surface area contributed by atoms with Crippen molar-refractivity contribution in [3.05, 3.63) is 11.4 Å². The van der Waals surface area contributed by atoms with E-state index in [-0.39, 0.29) is 18.0 Å². The molecular formula is C11H21N5O3S. The van der Waals surface area contributed by atoms with Gasteiger partial charge in [0, 0.05) is 20.1 Å². The zero-order valence-electron chi connectivity index (χ0n) is 11.9. The van der Waals surface area contributed by atoms with Gasteiger partial charge in [-0.1, -0.05) is 13.8 Å². The number of hydrogen-bond acceptors (Lipinski definition) is 5. The summed E-state index contributed by atoms with van der Waals surface area (Å²) >= 11 is 0. The summed E-state index contributed by atoms with van der Waals surface area (Å²) in [5, 5.41) is 6.67. The summed E-state index contributed by atoms with van der Waals surface area (Å²) in [7, 11) is -1.72. The second kappa shape index (κ2) is 6.71. The van der Waals surface area contributed by atoms with Gasteiger partial charge in [-0.05, 0) is 6.42 Å². The average molecular weight is 303 g/mol. The molecule has 0 aliphatic rings. The van der Waals surface area contributed by atoms with E-state index in [0.717, 1.165) is 0 Å². The average Bonchev–Trinajstić information content (AvgIpc) is 2.63. The highest BCUT2D eigenvalue weighted by Gasteiger charge is 2.19. The molecule has 1 rings (SSSR count). The fourth-order valence-electron chi connectivity index (χ4n) is 1.80. The normalized spacial score (nSPS) is 11.6. The number of carbonyl (C=O) groups is 1. The molecule has 114 valence electrons. The number of aryl methyl sites for hydroxylation is 2. The standard InChI is InChI=1S/C11H21N5O3S/c1-4-8-9(12)10(16(3)15-8)11(17)13-6-7-20(18,19)14-5-2/h14H,4-7,12H2,1-3H3,(H,13,17). The lowest BCUT2D eigenvalue weighted by molar-refractivity contribution is 0.0947. The van der Waals surface area contributed by atoms with Crippen molar-refractivity contribution in [3.8, 4) is 0 Å². The Morgan fingerprint density at radius 3 is 2.55 bits per heavy atom. The quantitative estimate of drug-likeness (QED) is 0.611. The van der Waals surface area contributed by atoms with E-state index in [1.807, 2.05) is 6.92 Å². The number of aromatic nitrogens is 2. The summed E-state index contributed by atoms with van der Waals surface area (Å²) in [5.41, 5.74) is 7.08. The number of nitrogens with zero attached hydrogens (tertiary/aromatic N) is 2. The molecule has 4 N–H and O–H groups in total. The van der Waals surface area contributed by atoms with Gasteiger partial charge in [-0.25, -0.2) is 13.1 Å². The van der Waals surface area contributed by atoms with E-state index in [1.54, 1.807) is 14.0 Å². The maximum atomic E-state index is 12.0. The van der Waals surface area contributed by atoms with Crippen LogP contribution in [0.5, 0.6) is 0 Å². The minimum Gasteiger partial charge on any atom is -0.395 e. The Kier molecular flexibility index (Phi) is 5.52. The highest BCUT2D eigenvalue weighted by Crippen LogP contribution is 2.16. The molecule has 0 aliphatic carbocycles. The molecule has 1 aromatic heterocycles. The molecule has 20 heavy (non-hydrogen) atoms. The van der Waals surface area contributed by atoms with E-state index in [1.165, 1.54) is 4.68 Å². The Labute approximate surface area is 118 Å². The van der Waals surface area contributed by atoms with Crippen molar-refractivity contribution in [2.75, 3.05) is 24.6 Å². The summed E-state index contributed by atoms with van der Waals surface area (Å²) in [6.07, 6.45) is 0.627. The van der Waals surface area contributed by atoms with Crippen LogP contribution in [0.4, 0.5) is 5.69 Å². The van der Waals surface area contributed by atoms with Crippen LogP contribution < -0.4 is 15.8 Å². The lowest BCUT2D eigenvalue weighted by Gasteiger charge is -2.07. The first kappa shape index (κ1) is 16.4. The van der Waals surface area contributed by atoms with Gasteiger partial charge < -0.3 is 11.1 Å². The van der Waals surface area contributed by atoms with E-state index < -0.39 is 15.9 Å². The van der Waals surface area contributed by atoms with Gasteiger partial charge in [-0.15, -0.1) is 0 Å². The van der Waals surface area contributed by atoms with Crippen molar-refractivity contribution in [2.24, 2.45) is 7.05 Å². The van der Waals surface area contributed by atoms with Crippen molar-refractivity contribution >= 4 is 21.6 Å². The zero-order valence-corrected chi connectivity index (χ0v) is 12.7. The molecule has 0 atom stereocenters. The van der Waals surface area contributed by atoms with Gasteiger partial charge in [-0.3, -0.25) is 9.48 Å². The molecule has 0 saturated carbocycles. The largest absolute Gasteiger partial charge is 0.395 e. The summed E-state index contributed by atoms with van der Waals surface area (Å²) in [6.45, 7) is 3.92. The molecule has 0 aromatic carbocycles. The number of carbonyl (C=O) groups excluding carboxylic acids is 1. The number of nitrogens with one attached hydrogen (secondary N) is 2. The Morgan fingerprint density at radius 1 is 1.40 bits per heavy atom. The highest BCUT2D eigenvalue weighted by molar-refractivity contribution is 7.89. The van der Waals surface area contributed by atoms with Crippen LogP contribution >= 0.6 is 0 Å². The minimum atomic E-state index is -3.35. The summed E-state index contributed by atoms with van der Waals surface area (Å²) in [6, 6.07) is 0. The maximum Gasteiger partial charge on any atom is 0.271 e. The third-order valence-corrected chi connectivity index (χ3v) is 4.20. The molecule has 0 aliphatic heterocycles. The molecule has 0 unspecified atom stereocenters. The van der Waals surface area contributed by atoms with Crippen LogP contribution in [0.15, 0.2) is 0 Å². The first-order valence-corrected chi connectivity index (χ1v) is 8.04. The number of nitrogens with two attached hydrogens (primary N) is 1. The lowest BCUT2D eigenvalue weighted by Crippen LogP contribution is -2.35. The third kappa shape index (κ3) is 3.94. The van der Waals surface area contributed by atoms with E-state index >= 15 is 0 Å². The van der Waals surface area contributed by atoms with E-state index in [9.17, 15) is 13.2 Å². The van der Waals surface area contributed by atoms with E-state index in [2.05, 4.69) is 15.1 Å². The van der Waals surface area contributed by atoms with Crippen LogP contribution in [-0.2, 0) is 23.5 Å². The van der Waals surface area contributed by atoms with Crippen LogP contribution in [0.2, 0.25) is 0 Å². The molecular weight excluding hydrogens is 282 g/mol. The molecule has 1 aromatic rings. The highest BCUT2D eigenvalue weighted by atomic mass is 32.2. The van der Waals surface area contributed by atoms with Crippen molar-refractivity contribution < 1.29 is 13.2 Å². The first-order chi connectivity index (χ1) is 9.32. The van der Waals surface area contributed by atoms with Crippen molar-refractivity contribution in [1.82, 2.24) is 19.8 Å². The van der Waals surface area contributed by atoms with Gasteiger partial charge in [0.05, 0.1) is 17.1 Å². The summed E-state index contributed by atoms with van der Waals surface area (Å²) in [5.74, 6) is -0.603. The topological polar surface area (TPSA) is 119 Å². The molecule has 9 heteroatoms. The van der Waals surface area contributed by atoms with E-state index in [0.29, 0.717) is 24.3 Å². The maximum absolute atomic E-state index is 12.0. The monoisotopic (exact) mass is 303 g/mol. The number of rotatable bonds is 7. The van der Waals surface area contributed by atoms with Crippen LogP contribution in [0, 0.1) is 0 Å². The Morgan fingerprint density at radius 2 is 2.05 bits per heavy atom. The van der Waals surface area contributed by atoms with Crippen molar-refractivity contribution in [1.29, 1.82) is 0 Å². The molecule has 8 nitrogen and oxygen atoms in total. The van der Waals surface area contributed by atoms with Crippen molar-refractivity contribution in [3.63, 3.8) is 0 Å². The summed E-state index contributed by atoms with van der Waals surface area (Å²) in [4.78, 5) is 12.0. The molecule has 0 saturated heterocycles. The van der Waals surface area contributed by atoms with Crippen LogP contribution in [0.25, 0.3) is 0 Å². The van der Waals surface area contributed by atoms with Crippen LogP contribution in [0.3, 0.4) is 0 Å². The predicted molar refractivity (Wildman–Crippen MR) is 76.8 cm³/mol. The molecule has 0 spiro atoms. The zero-order chi connectivity index (χ0) is 15.3. The van der Waals surface area contributed by atoms with Gasteiger partial charge in [-0.2, -0.15) is 5.10 Å². The third-order valence-electron chi connectivity index (χ3n) is 2.73. The van der Waals surface area contributed by atoms with Gasteiger partial charge in [0.25, 0.3) is 5.91 Å². The van der Waals surface area contributed by atoms with Gasteiger partial charge in [0.1, 0.15) is 5.69 Å². The molecule has 0 radical (unpaired) electrons. The van der Waals surface area contributed by atoms with Crippen LogP contribution in [-0.4, -0.2) is 42.9 Å². The van der Waals surface area contributed by atoms with Crippen molar-refractivity contribution in [2.45, 2.75) is 20.3 Å². The van der Waals surface area contributed by atoms with Gasteiger partial charge in [0.2, 0.25) is 10.0 Å². The number of anilines is 1. The predicted octanol–water partition coefficient (Wildman–Crippen LogP) is -0.766. The molecule has 0 fully saturated rings. The Hall–Kier alpha value is -1.61. The Bertz CT molecular complexity index is 579. The number of hydrogen-bond donors (Lipinski definition) is 3. The molecule has 1 amide bonds. The SMILES string of the molecule is CCNS(=O)(=O)CCNC(=O)c1c(N)c(CC)nn1C. The number of amides is 1. The summed E-state index contributed by atoms with van der Waals surface area (Å²) < 4.78 is 26.6. The lowest BCUT2D eigenvalue weighted by atomic mass is 10.2. The van der Waals surface area contributed by atoms with E-state index in [4.69, 9.17) is 5.73 Å². The number of nitrogen functional groups attached to an aromatic ring is 1. The first-order valence-electron chi connectivity index (χ1n) is 6.39. The second-order valence-electron chi connectivity index (χ2n) is 4.26. The molecule has 1 heterocycles. The van der Waals surface area contributed by atoms with Gasteiger partial charge in [0.15, 0.2) is 0 Å². The fourth-order valence-corrected chi connectivity index (χ4v) is 2.76. The van der Waals surface area contributed by atoms with Gasteiger partial charge >= 0.3 is 0 Å².